The molecule has 0 fully saturated rings. The maximum atomic E-state index is 5.93. The molecular weight excluding hydrogens is 454 g/mol. The molecule has 0 radical (unpaired) electrons. The van der Waals surface area contributed by atoms with Gasteiger partial charge in [0.15, 0.2) is 0 Å². The smallest absolute Gasteiger partial charge is 0.101 e. The van der Waals surface area contributed by atoms with Crippen molar-refractivity contribution in [1.29, 1.82) is 0 Å². The minimum absolute atomic E-state index is 0.736. The fraction of sp³-hybridized carbons (Fsp3) is 0.647. The van der Waals surface area contributed by atoms with Crippen LogP contribution in [0, 0.1) is 0 Å². The van der Waals surface area contributed by atoms with Gasteiger partial charge in [0.25, 0.3) is 0 Å². The largest absolute Gasteiger partial charge is 0.377 e. The maximum absolute atomic E-state index is 5.93. The van der Waals surface area contributed by atoms with E-state index in [4.69, 9.17) is 9.47 Å². The third-order valence-electron chi connectivity index (χ3n) is 7.67. The van der Waals surface area contributed by atoms with Crippen molar-refractivity contribution >= 4 is 0 Å². The zero-order valence-corrected chi connectivity index (χ0v) is 23.6. The summed E-state index contributed by atoms with van der Waals surface area (Å²) >= 11 is 0. The SMILES string of the molecule is c1cc2ccc1C[NH2+]Cc1ccc(cc1)COCCCCCCCCCCCCCCCCCCOC2. The quantitative estimate of drug-likeness (QED) is 0.389. The second kappa shape index (κ2) is 20.3. The van der Waals surface area contributed by atoms with Crippen LogP contribution in [0.3, 0.4) is 0 Å². The molecule has 3 aliphatic rings. The van der Waals surface area contributed by atoms with E-state index in [9.17, 15) is 0 Å². The Morgan fingerprint density at radius 3 is 0.946 bits per heavy atom. The summed E-state index contributed by atoms with van der Waals surface area (Å²) < 4.78 is 11.9. The lowest BCUT2D eigenvalue weighted by molar-refractivity contribution is -0.686. The zero-order chi connectivity index (χ0) is 25.6. The van der Waals surface area contributed by atoms with E-state index in [2.05, 4.69) is 53.8 Å². The van der Waals surface area contributed by atoms with E-state index in [0.717, 1.165) is 39.5 Å². The molecule has 3 nitrogen and oxygen atoms in total. The highest BCUT2D eigenvalue weighted by Crippen LogP contribution is 2.14. The van der Waals surface area contributed by atoms with Gasteiger partial charge in [-0.1, -0.05) is 138 Å². The monoisotopic (exact) mass is 508 g/mol. The Kier molecular flexibility index (Phi) is 16.4. The third-order valence-corrected chi connectivity index (χ3v) is 7.67. The topological polar surface area (TPSA) is 35.1 Å². The number of quaternary nitrogens is 1. The normalized spacial score (nSPS) is 19.9. The maximum Gasteiger partial charge on any atom is 0.101 e. The Morgan fingerprint density at radius 2 is 0.622 bits per heavy atom. The summed E-state index contributed by atoms with van der Waals surface area (Å²) in [6, 6.07) is 17.9. The van der Waals surface area contributed by atoms with Gasteiger partial charge >= 0.3 is 0 Å². The van der Waals surface area contributed by atoms with Crippen LogP contribution in [0.25, 0.3) is 0 Å². The Balaban J connectivity index is 1.36. The number of rotatable bonds is 0. The van der Waals surface area contributed by atoms with Gasteiger partial charge in [0, 0.05) is 24.3 Å². The molecule has 37 heavy (non-hydrogen) atoms. The molecule has 0 aromatic heterocycles. The molecule has 0 spiro atoms. The number of hydrogen-bond donors (Lipinski definition) is 1. The van der Waals surface area contributed by atoms with Crippen molar-refractivity contribution in [1.82, 2.24) is 0 Å². The standard InChI is InChI=1S/C34H53NO2/c1-2-4-6-8-10-12-14-16-26-37-30-34-23-19-32(20-24-34)28-35-27-31-17-21-33(22-18-31)29-36-25-15-13-11-9-7-5-3-1/h17-24,35H,1-16,25-30H2/p+1. The predicted octanol–water partition coefficient (Wildman–Crippen LogP) is 8.24. The molecule has 0 aliphatic carbocycles. The zero-order valence-electron chi connectivity index (χ0n) is 23.6. The molecule has 0 saturated heterocycles. The van der Waals surface area contributed by atoms with Crippen molar-refractivity contribution < 1.29 is 14.8 Å². The first-order valence-corrected chi connectivity index (χ1v) is 15.5. The molecule has 0 unspecified atom stereocenters. The highest BCUT2D eigenvalue weighted by molar-refractivity contribution is 5.22. The van der Waals surface area contributed by atoms with E-state index in [1.54, 1.807) is 0 Å². The second-order valence-corrected chi connectivity index (χ2v) is 11.1. The number of ether oxygens (including phenoxy) is 2. The van der Waals surface area contributed by atoms with Crippen LogP contribution in [0.1, 0.15) is 125 Å². The molecule has 0 saturated carbocycles. The molecule has 2 aromatic carbocycles. The summed E-state index contributed by atoms with van der Waals surface area (Å²) in [7, 11) is 0. The van der Waals surface area contributed by atoms with Crippen LogP contribution in [0.5, 0.6) is 0 Å². The Bertz CT molecular complexity index is 719. The van der Waals surface area contributed by atoms with Crippen LogP contribution in [-0.2, 0) is 35.8 Å². The van der Waals surface area contributed by atoms with Gasteiger partial charge in [-0.05, 0) is 24.0 Å². The molecule has 3 heteroatoms. The summed E-state index contributed by atoms with van der Waals surface area (Å²) in [6.07, 6.45) is 22.0. The van der Waals surface area contributed by atoms with E-state index in [0.29, 0.717) is 0 Å². The minimum Gasteiger partial charge on any atom is -0.377 e. The number of hydrogen-bond acceptors (Lipinski definition) is 2. The Labute approximate surface area is 227 Å². The molecule has 2 N–H and O–H groups in total. The average molecular weight is 509 g/mol. The number of fused-ring (bicyclic) bond motifs is 2. The minimum atomic E-state index is 0.736. The lowest BCUT2D eigenvalue weighted by atomic mass is 10.0. The summed E-state index contributed by atoms with van der Waals surface area (Å²) in [4.78, 5) is 0. The Hall–Kier alpha value is -1.68. The van der Waals surface area contributed by atoms with Gasteiger partial charge < -0.3 is 14.8 Å². The van der Waals surface area contributed by atoms with Crippen molar-refractivity contribution in [3.05, 3.63) is 70.8 Å². The molecular formula is C34H54NO2+. The van der Waals surface area contributed by atoms with Gasteiger partial charge in [0.05, 0.1) is 13.2 Å². The van der Waals surface area contributed by atoms with Crippen molar-refractivity contribution in [2.75, 3.05) is 13.2 Å². The van der Waals surface area contributed by atoms with Crippen LogP contribution in [-0.4, -0.2) is 13.2 Å². The summed E-state index contributed by atoms with van der Waals surface area (Å²) in [5, 5.41) is 2.38. The summed E-state index contributed by atoms with van der Waals surface area (Å²) in [5.41, 5.74) is 5.30. The van der Waals surface area contributed by atoms with Gasteiger partial charge in [-0.3, -0.25) is 0 Å². The van der Waals surface area contributed by atoms with E-state index in [1.807, 2.05) is 0 Å². The molecule has 0 amide bonds. The van der Waals surface area contributed by atoms with Crippen molar-refractivity contribution in [3.63, 3.8) is 0 Å². The molecule has 2 aromatic rings. The highest BCUT2D eigenvalue weighted by atomic mass is 16.5. The Morgan fingerprint density at radius 1 is 0.351 bits per heavy atom. The number of benzene rings is 2. The van der Waals surface area contributed by atoms with Gasteiger partial charge in [-0.25, -0.2) is 0 Å². The summed E-state index contributed by atoms with van der Waals surface area (Å²) in [6.45, 7) is 5.26. The molecule has 4 bridgehead atoms. The molecule has 5 rings (SSSR count). The first kappa shape index (κ1) is 29.9. The first-order valence-electron chi connectivity index (χ1n) is 15.5. The predicted molar refractivity (Wildman–Crippen MR) is 155 cm³/mol. The molecule has 0 atom stereocenters. The number of nitrogens with two attached hydrogens (primary N) is 1. The molecule has 3 heterocycles. The molecule has 206 valence electrons. The average Bonchev–Trinajstić information content (AvgIpc) is 2.92. The van der Waals surface area contributed by atoms with E-state index >= 15 is 0 Å². The molecule has 3 aliphatic heterocycles. The van der Waals surface area contributed by atoms with Crippen molar-refractivity contribution in [2.45, 2.75) is 129 Å². The second-order valence-electron chi connectivity index (χ2n) is 11.1. The highest BCUT2D eigenvalue weighted by Gasteiger charge is 2.02. The van der Waals surface area contributed by atoms with Gasteiger partial charge in [-0.15, -0.1) is 0 Å². The van der Waals surface area contributed by atoms with E-state index < -0.39 is 0 Å². The lowest BCUT2D eigenvalue weighted by Gasteiger charge is -2.07. The third kappa shape index (κ3) is 14.7. The van der Waals surface area contributed by atoms with E-state index in [1.165, 1.54) is 125 Å². The summed E-state index contributed by atoms with van der Waals surface area (Å²) in [5.74, 6) is 0. The van der Waals surface area contributed by atoms with Crippen LogP contribution in [0.15, 0.2) is 48.5 Å². The first-order chi connectivity index (χ1) is 18.4. The van der Waals surface area contributed by atoms with E-state index in [-0.39, 0.29) is 0 Å². The van der Waals surface area contributed by atoms with Crippen LogP contribution >= 0.6 is 0 Å². The fourth-order valence-electron chi connectivity index (χ4n) is 5.21. The van der Waals surface area contributed by atoms with Gasteiger partial charge in [0.1, 0.15) is 13.1 Å². The van der Waals surface area contributed by atoms with Crippen LogP contribution < -0.4 is 5.32 Å². The van der Waals surface area contributed by atoms with Gasteiger partial charge in [0.2, 0.25) is 0 Å². The van der Waals surface area contributed by atoms with Crippen molar-refractivity contribution in [3.8, 4) is 0 Å². The van der Waals surface area contributed by atoms with Gasteiger partial charge in [-0.2, -0.15) is 0 Å². The lowest BCUT2D eigenvalue weighted by Crippen LogP contribution is -2.80. The van der Waals surface area contributed by atoms with Crippen LogP contribution in [0.4, 0.5) is 0 Å². The van der Waals surface area contributed by atoms with Crippen molar-refractivity contribution in [2.24, 2.45) is 0 Å². The van der Waals surface area contributed by atoms with Crippen LogP contribution in [0.2, 0.25) is 0 Å². The fourth-order valence-corrected chi connectivity index (χ4v) is 5.21.